The van der Waals surface area contributed by atoms with E-state index in [-0.39, 0.29) is 0 Å². The number of rotatable bonds is 2. The molecule has 0 unspecified atom stereocenters. The zero-order valence-electron chi connectivity index (χ0n) is 6.75. The first kappa shape index (κ1) is 12.3. The van der Waals surface area contributed by atoms with E-state index in [0.29, 0.717) is 13.8 Å². The number of ketones is 1. The predicted molar refractivity (Wildman–Crippen MR) is 32.3 cm³/mol. The Bertz CT molecular complexity index is 212. The molecule has 0 bridgehead atoms. The van der Waals surface area contributed by atoms with E-state index in [0.717, 1.165) is 0 Å². The topological polar surface area (TPSA) is 37.3 Å². The van der Waals surface area contributed by atoms with Gasteiger partial charge in [-0.25, -0.2) is 0 Å². The third-order valence-corrected chi connectivity index (χ3v) is 1.31. The molecule has 1 N–H and O–H groups in total. The van der Waals surface area contributed by atoms with Crippen molar-refractivity contribution in [2.45, 2.75) is 31.5 Å². The molecule has 13 heavy (non-hydrogen) atoms. The van der Waals surface area contributed by atoms with Gasteiger partial charge in [-0.15, -0.1) is 0 Å². The molecule has 0 saturated carbocycles. The normalized spacial score (nSPS) is 14.5. The van der Waals surface area contributed by atoms with Gasteiger partial charge in [-0.1, -0.05) is 0 Å². The van der Waals surface area contributed by atoms with Crippen LogP contribution in [0, 0.1) is 0 Å². The molecular weight excluding hydrogens is 199 g/mol. The molecule has 0 rings (SSSR count). The van der Waals surface area contributed by atoms with Crippen LogP contribution in [0.2, 0.25) is 0 Å². The Morgan fingerprint density at radius 3 is 1.46 bits per heavy atom. The molecule has 0 aromatic heterocycles. The summed E-state index contributed by atoms with van der Waals surface area (Å²) in [6.45, 7) is 0.854. The lowest BCUT2D eigenvalue weighted by Gasteiger charge is -2.27. The van der Waals surface area contributed by atoms with Crippen molar-refractivity contribution in [1.82, 2.24) is 0 Å². The quantitative estimate of drug-likeness (QED) is 0.695. The van der Waals surface area contributed by atoms with E-state index in [1.54, 1.807) is 0 Å². The second kappa shape index (κ2) is 2.90. The van der Waals surface area contributed by atoms with Gasteiger partial charge in [0.15, 0.2) is 0 Å². The summed E-state index contributed by atoms with van der Waals surface area (Å²) in [6.07, 6.45) is -5.65. The Kier molecular flexibility index (Phi) is 2.74. The number of Topliss-reactive ketones (excluding diaryl/α,β-unsaturated/α-hetero) is 1. The van der Waals surface area contributed by atoms with Gasteiger partial charge in [0.1, 0.15) is 5.60 Å². The largest absolute Gasteiger partial charge is 0.456 e. The Labute approximate surface area is 70.3 Å². The standard InChI is InChI=1S/C6H7F5O2/c1-4(2,13)5(7,8)3(12)6(9,10)11/h13H,1-2H3. The molecule has 0 aromatic rings. The fraction of sp³-hybridized carbons (Fsp3) is 0.833. The molecule has 0 atom stereocenters. The molecule has 0 spiro atoms. The van der Waals surface area contributed by atoms with E-state index in [2.05, 4.69) is 0 Å². The van der Waals surface area contributed by atoms with Crippen molar-refractivity contribution < 1.29 is 31.9 Å². The van der Waals surface area contributed by atoms with Gasteiger partial charge in [0.05, 0.1) is 0 Å². The van der Waals surface area contributed by atoms with Crippen LogP contribution in [0.15, 0.2) is 0 Å². The average Bonchev–Trinajstić information content (AvgIpc) is 1.81. The lowest BCUT2D eigenvalue weighted by molar-refractivity contribution is -0.221. The summed E-state index contributed by atoms with van der Waals surface area (Å²) in [5, 5.41) is 8.61. The summed E-state index contributed by atoms with van der Waals surface area (Å²) in [5.74, 6) is -8.07. The van der Waals surface area contributed by atoms with E-state index in [1.807, 2.05) is 0 Å². The summed E-state index contributed by atoms with van der Waals surface area (Å²) >= 11 is 0. The minimum Gasteiger partial charge on any atom is -0.384 e. The number of carbonyl (C=O) groups excluding carboxylic acids is 1. The van der Waals surface area contributed by atoms with E-state index in [1.165, 1.54) is 0 Å². The molecule has 0 aliphatic carbocycles. The number of alkyl halides is 5. The van der Waals surface area contributed by atoms with Gasteiger partial charge < -0.3 is 5.11 Å². The highest BCUT2D eigenvalue weighted by Gasteiger charge is 2.62. The molecule has 2 nitrogen and oxygen atoms in total. The van der Waals surface area contributed by atoms with Crippen molar-refractivity contribution in [2.24, 2.45) is 0 Å². The van der Waals surface area contributed by atoms with E-state index >= 15 is 0 Å². The summed E-state index contributed by atoms with van der Waals surface area (Å²) in [6, 6.07) is 0. The zero-order chi connectivity index (χ0) is 11.1. The van der Waals surface area contributed by atoms with Gasteiger partial charge in [-0.2, -0.15) is 22.0 Å². The van der Waals surface area contributed by atoms with Gasteiger partial charge >= 0.3 is 17.9 Å². The van der Waals surface area contributed by atoms with Gasteiger partial charge in [0, 0.05) is 0 Å². The Balaban J connectivity index is 4.98. The van der Waals surface area contributed by atoms with E-state index in [9.17, 15) is 26.7 Å². The Morgan fingerprint density at radius 1 is 1.08 bits per heavy atom. The van der Waals surface area contributed by atoms with Crippen LogP contribution < -0.4 is 0 Å². The van der Waals surface area contributed by atoms with Crippen molar-refractivity contribution in [3.05, 3.63) is 0 Å². The van der Waals surface area contributed by atoms with Crippen molar-refractivity contribution in [2.75, 3.05) is 0 Å². The summed E-state index contributed by atoms with van der Waals surface area (Å²) < 4.78 is 59.6. The van der Waals surface area contributed by atoms with Crippen molar-refractivity contribution in [3.63, 3.8) is 0 Å². The number of carbonyl (C=O) groups is 1. The molecule has 7 heteroatoms. The number of hydrogen-bond acceptors (Lipinski definition) is 2. The minimum atomic E-state index is -5.65. The van der Waals surface area contributed by atoms with Crippen molar-refractivity contribution in [1.29, 1.82) is 0 Å². The fourth-order valence-electron chi connectivity index (χ4n) is 0.456. The molecule has 0 radical (unpaired) electrons. The zero-order valence-corrected chi connectivity index (χ0v) is 6.75. The maximum Gasteiger partial charge on any atom is 0.456 e. The lowest BCUT2D eigenvalue weighted by Crippen LogP contribution is -2.53. The van der Waals surface area contributed by atoms with Gasteiger partial charge in [-0.3, -0.25) is 4.79 Å². The Hall–Kier alpha value is -0.720. The SMILES string of the molecule is CC(C)(O)C(F)(F)C(=O)C(F)(F)F. The second-order valence-electron chi connectivity index (χ2n) is 2.96. The number of aliphatic hydroxyl groups is 1. The molecule has 0 aromatic carbocycles. The Morgan fingerprint density at radius 2 is 1.38 bits per heavy atom. The summed E-state index contributed by atoms with van der Waals surface area (Å²) in [7, 11) is 0. The lowest BCUT2D eigenvalue weighted by atomic mass is 9.96. The average molecular weight is 206 g/mol. The second-order valence-corrected chi connectivity index (χ2v) is 2.96. The molecule has 0 amide bonds. The van der Waals surface area contributed by atoms with Crippen LogP contribution in [0.3, 0.4) is 0 Å². The summed E-state index contributed by atoms with van der Waals surface area (Å²) in [5.41, 5.74) is -3.03. The molecule has 0 aliphatic heterocycles. The smallest absolute Gasteiger partial charge is 0.384 e. The van der Waals surface area contributed by atoms with Crippen LogP contribution in [-0.4, -0.2) is 28.6 Å². The van der Waals surface area contributed by atoms with Crippen LogP contribution in [0.5, 0.6) is 0 Å². The third-order valence-electron chi connectivity index (χ3n) is 1.31. The van der Waals surface area contributed by atoms with Crippen LogP contribution in [0.1, 0.15) is 13.8 Å². The van der Waals surface area contributed by atoms with Crippen LogP contribution >= 0.6 is 0 Å². The highest BCUT2D eigenvalue weighted by atomic mass is 19.4. The van der Waals surface area contributed by atoms with E-state index < -0.39 is 23.5 Å². The van der Waals surface area contributed by atoms with Crippen LogP contribution in [0.25, 0.3) is 0 Å². The molecule has 0 fully saturated rings. The maximum atomic E-state index is 12.5. The first-order chi connectivity index (χ1) is 5.40. The first-order valence-electron chi connectivity index (χ1n) is 3.12. The number of halogens is 5. The monoisotopic (exact) mass is 206 g/mol. The van der Waals surface area contributed by atoms with Gasteiger partial charge in [0.25, 0.3) is 0 Å². The molecule has 78 valence electrons. The van der Waals surface area contributed by atoms with Crippen LogP contribution in [-0.2, 0) is 4.79 Å². The molecule has 0 heterocycles. The fourth-order valence-corrected chi connectivity index (χ4v) is 0.456. The van der Waals surface area contributed by atoms with Crippen LogP contribution in [0.4, 0.5) is 22.0 Å². The van der Waals surface area contributed by atoms with Crippen molar-refractivity contribution >= 4 is 5.78 Å². The predicted octanol–water partition coefficient (Wildman–Crippen LogP) is 1.52. The van der Waals surface area contributed by atoms with Gasteiger partial charge in [-0.05, 0) is 13.8 Å². The number of hydrogen-bond donors (Lipinski definition) is 1. The third kappa shape index (κ3) is 2.36. The highest BCUT2D eigenvalue weighted by molar-refractivity contribution is 5.91. The minimum absolute atomic E-state index is 0.427. The highest BCUT2D eigenvalue weighted by Crippen LogP contribution is 2.35. The van der Waals surface area contributed by atoms with E-state index in [4.69, 9.17) is 5.11 Å². The van der Waals surface area contributed by atoms with Crippen molar-refractivity contribution in [3.8, 4) is 0 Å². The molecule has 0 saturated heterocycles. The maximum absolute atomic E-state index is 12.5. The first-order valence-corrected chi connectivity index (χ1v) is 3.12. The molecule has 0 aliphatic rings. The summed E-state index contributed by atoms with van der Waals surface area (Å²) in [4.78, 5) is 10.1. The molecular formula is C6H7F5O2. The van der Waals surface area contributed by atoms with Gasteiger partial charge in [0.2, 0.25) is 0 Å².